The van der Waals surface area contributed by atoms with Gasteiger partial charge in [-0.3, -0.25) is 9.89 Å². The van der Waals surface area contributed by atoms with Crippen LogP contribution in [0.5, 0.6) is 0 Å². The number of aliphatic hydroxyl groups excluding tert-OH is 1. The molecule has 0 aliphatic carbocycles. The van der Waals surface area contributed by atoms with Crippen LogP contribution in [-0.2, 0) is 20.2 Å². The monoisotopic (exact) mass is 447 g/mol. The van der Waals surface area contributed by atoms with Gasteiger partial charge in [0.15, 0.2) is 0 Å². The molecule has 1 fully saturated rings. The van der Waals surface area contributed by atoms with E-state index < -0.39 is 15.9 Å². The predicted molar refractivity (Wildman–Crippen MR) is 113 cm³/mol. The van der Waals surface area contributed by atoms with Crippen molar-refractivity contribution in [3.05, 3.63) is 32.6 Å². The van der Waals surface area contributed by atoms with Crippen molar-refractivity contribution >= 4 is 39.0 Å². The predicted octanol–water partition coefficient (Wildman–Crippen LogP) is 1.71. The Labute approximate surface area is 174 Å². The lowest BCUT2D eigenvalue weighted by Crippen LogP contribution is -2.47. The van der Waals surface area contributed by atoms with E-state index in [-0.39, 0.29) is 17.9 Å². The van der Waals surface area contributed by atoms with Gasteiger partial charge in [0.2, 0.25) is 0 Å². The number of ether oxygens (including phenoxy) is 1. The van der Waals surface area contributed by atoms with Crippen molar-refractivity contribution in [2.45, 2.75) is 24.5 Å². The topological polar surface area (TPSA) is 105 Å². The van der Waals surface area contributed by atoms with Crippen LogP contribution in [0.3, 0.4) is 0 Å². The maximum atomic E-state index is 11.2. The van der Waals surface area contributed by atoms with Crippen LogP contribution in [-0.4, -0.2) is 69.4 Å². The largest absolute Gasteiger partial charge is 0.404 e. The van der Waals surface area contributed by atoms with Crippen LogP contribution in [0.1, 0.15) is 29.4 Å². The number of aliphatic imine (C=N–C) groups is 1. The van der Waals surface area contributed by atoms with E-state index in [1.165, 1.54) is 23.8 Å². The van der Waals surface area contributed by atoms with Gasteiger partial charge in [-0.15, -0.1) is 11.3 Å². The quantitative estimate of drug-likeness (QED) is 0.643. The molecule has 0 saturated carbocycles. The molecule has 1 unspecified atom stereocenters. The lowest BCUT2D eigenvalue weighted by Gasteiger charge is -2.44. The third-order valence-electron chi connectivity index (χ3n) is 5.15. The number of halogens is 1. The van der Waals surface area contributed by atoms with Crippen molar-refractivity contribution in [3.8, 4) is 0 Å². The summed E-state index contributed by atoms with van der Waals surface area (Å²) < 4.78 is 29.1. The zero-order chi connectivity index (χ0) is 20.4. The fraction of sp³-hybridized carbons (Fsp3) is 0.611. The fourth-order valence-electron chi connectivity index (χ4n) is 3.61. The molecule has 0 aromatic carbocycles. The Bertz CT molecular complexity index is 858. The van der Waals surface area contributed by atoms with Crippen molar-refractivity contribution in [2.24, 2.45) is 10.7 Å². The number of fused-ring (bicyclic) bond motifs is 2. The number of nitrogens with two attached hydrogens (primary N) is 1. The summed E-state index contributed by atoms with van der Waals surface area (Å²) in [4.78, 5) is 7.50. The molecule has 3 heterocycles. The summed E-state index contributed by atoms with van der Waals surface area (Å²) in [5, 5.41) is 10.2. The zero-order valence-electron chi connectivity index (χ0n) is 15.8. The fourth-order valence-corrected chi connectivity index (χ4v) is 5.54. The van der Waals surface area contributed by atoms with Crippen molar-refractivity contribution in [2.75, 3.05) is 44.8 Å². The molecule has 1 saturated heterocycles. The normalized spacial score (nSPS) is 23.4. The summed E-state index contributed by atoms with van der Waals surface area (Å²) in [5.74, 6) is 0.0302. The van der Waals surface area contributed by atoms with E-state index in [0.717, 1.165) is 41.9 Å². The second-order valence-corrected chi connectivity index (χ2v) is 11.3. The first kappa shape index (κ1) is 21.7. The molecule has 0 amide bonds. The minimum absolute atomic E-state index is 0.0302. The van der Waals surface area contributed by atoms with Gasteiger partial charge in [0, 0.05) is 42.5 Å². The number of piperidine rings is 1. The van der Waals surface area contributed by atoms with Crippen LogP contribution in [0.2, 0.25) is 4.34 Å². The summed E-state index contributed by atoms with van der Waals surface area (Å²) in [6.45, 7) is 2.81. The van der Waals surface area contributed by atoms with Crippen molar-refractivity contribution in [1.82, 2.24) is 4.90 Å². The van der Waals surface area contributed by atoms with Gasteiger partial charge in [0.05, 0.1) is 23.2 Å². The molecule has 3 N–H and O–H groups in total. The molecule has 0 radical (unpaired) electrons. The molecule has 2 aliphatic heterocycles. The molecular weight excluding hydrogens is 422 g/mol. The molecule has 10 heteroatoms. The first-order valence-corrected chi connectivity index (χ1v) is 12.4. The molecule has 2 aliphatic rings. The maximum Gasteiger partial charge on any atom is 0.149 e. The van der Waals surface area contributed by atoms with Gasteiger partial charge in [0.1, 0.15) is 21.5 Å². The molecular formula is C18H26ClN3O4S2. The summed E-state index contributed by atoms with van der Waals surface area (Å²) >= 11 is 7.69. The Morgan fingerprint density at radius 2 is 2.25 bits per heavy atom. The standard InChI is InChI=1S/C18H26ClN3O4S2/c1-28(24,25)7-4-21-10-13(9-20)11-22-5-2-18(3-6-22)17-14(8-16(19)27-17)15(23)12-26-18/h8-10,15,23H,2-7,11-12,20H2,1H3. The Morgan fingerprint density at radius 1 is 1.54 bits per heavy atom. The third kappa shape index (κ3) is 5.14. The number of aliphatic hydroxyl groups is 1. The van der Waals surface area contributed by atoms with E-state index in [9.17, 15) is 13.5 Å². The van der Waals surface area contributed by atoms with Crippen molar-refractivity contribution < 1.29 is 18.3 Å². The summed E-state index contributed by atoms with van der Waals surface area (Å²) in [6.07, 6.45) is 5.38. The van der Waals surface area contributed by atoms with Crippen LogP contribution < -0.4 is 5.73 Å². The second kappa shape index (κ2) is 8.81. The molecule has 156 valence electrons. The number of nitrogens with zero attached hydrogens (tertiary/aromatic N) is 2. The van der Waals surface area contributed by atoms with Crippen LogP contribution >= 0.6 is 22.9 Å². The number of thiophene rings is 1. The molecule has 1 atom stereocenters. The molecule has 1 aromatic rings. The highest BCUT2D eigenvalue weighted by Gasteiger charge is 2.44. The van der Waals surface area contributed by atoms with E-state index in [4.69, 9.17) is 22.1 Å². The van der Waals surface area contributed by atoms with Crippen LogP contribution in [0.25, 0.3) is 0 Å². The number of sulfone groups is 1. The third-order valence-corrected chi connectivity index (χ3v) is 7.54. The highest BCUT2D eigenvalue weighted by molar-refractivity contribution is 7.90. The average molecular weight is 448 g/mol. The molecule has 7 nitrogen and oxygen atoms in total. The zero-order valence-corrected chi connectivity index (χ0v) is 18.2. The number of rotatable bonds is 6. The summed E-state index contributed by atoms with van der Waals surface area (Å²) in [5.41, 5.74) is 7.09. The number of hydrogen-bond donors (Lipinski definition) is 2. The van der Waals surface area contributed by atoms with Crippen molar-refractivity contribution in [3.63, 3.8) is 0 Å². The van der Waals surface area contributed by atoms with Gasteiger partial charge >= 0.3 is 0 Å². The lowest BCUT2D eigenvalue weighted by atomic mass is 9.84. The second-order valence-electron chi connectivity index (χ2n) is 7.34. The van der Waals surface area contributed by atoms with Gasteiger partial charge < -0.3 is 15.6 Å². The Kier molecular flexibility index (Phi) is 6.84. The Morgan fingerprint density at radius 3 is 2.89 bits per heavy atom. The first-order valence-electron chi connectivity index (χ1n) is 9.15. The Balaban J connectivity index is 1.58. The van der Waals surface area contributed by atoms with Gasteiger partial charge in [-0.2, -0.15) is 0 Å². The summed E-state index contributed by atoms with van der Waals surface area (Å²) in [6, 6.07) is 1.85. The highest BCUT2D eigenvalue weighted by Crippen LogP contribution is 2.48. The van der Waals surface area contributed by atoms with Gasteiger partial charge in [-0.25, -0.2) is 8.42 Å². The Hall–Kier alpha value is -0.970. The first-order chi connectivity index (χ1) is 13.2. The van der Waals surface area contributed by atoms with Crippen LogP contribution in [0, 0.1) is 0 Å². The average Bonchev–Trinajstić information content (AvgIpc) is 3.05. The maximum absolute atomic E-state index is 11.2. The van der Waals surface area contributed by atoms with Gasteiger partial charge in [0.25, 0.3) is 0 Å². The highest BCUT2D eigenvalue weighted by atomic mass is 35.5. The van der Waals surface area contributed by atoms with E-state index in [1.807, 2.05) is 6.07 Å². The van der Waals surface area contributed by atoms with Crippen LogP contribution in [0.15, 0.2) is 22.8 Å². The summed E-state index contributed by atoms with van der Waals surface area (Å²) in [7, 11) is -3.01. The van der Waals surface area contributed by atoms with E-state index in [2.05, 4.69) is 9.89 Å². The van der Waals surface area contributed by atoms with Crippen molar-refractivity contribution in [1.29, 1.82) is 0 Å². The molecule has 3 rings (SSSR count). The SMILES string of the molecule is CS(=O)(=O)CCN=CC(=CN)CN1CCC2(CC1)OCC(O)c1cc(Cl)sc12. The minimum atomic E-state index is -3.01. The molecule has 1 spiro atoms. The van der Waals surface area contributed by atoms with Gasteiger partial charge in [-0.1, -0.05) is 11.6 Å². The molecule has 28 heavy (non-hydrogen) atoms. The van der Waals surface area contributed by atoms with E-state index >= 15 is 0 Å². The number of likely N-dealkylation sites (tertiary alicyclic amines) is 1. The van der Waals surface area contributed by atoms with Crippen LogP contribution in [0.4, 0.5) is 0 Å². The minimum Gasteiger partial charge on any atom is -0.404 e. The lowest BCUT2D eigenvalue weighted by molar-refractivity contribution is -0.127. The smallest absolute Gasteiger partial charge is 0.149 e. The molecule has 1 aromatic heterocycles. The number of hydrogen-bond acceptors (Lipinski definition) is 8. The van der Waals surface area contributed by atoms with E-state index in [0.29, 0.717) is 17.5 Å². The van der Waals surface area contributed by atoms with E-state index in [1.54, 1.807) is 6.21 Å². The van der Waals surface area contributed by atoms with Gasteiger partial charge in [-0.05, 0) is 30.7 Å². The molecule has 0 bridgehead atoms.